The molecule has 0 amide bonds. The number of aliphatic hydroxyl groups excluding tert-OH is 1. The number of hydrogen-bond acceptors (Lipinski definition) is 3. The van der Waals surface area contributed by atoms with Crippen molar-refractivity contribution in [2.75, 3.05) is 11.4 Å². The minimum absolute atomic E-state index is 0.474. The molecule has 1 aliphatic carbocycles. The van der Waals surface area contributed by atoms with Gasteiger partial charge in [-0.1, -0.05) is 12.8 Å². The Balaban J connectivity index is 1.79. The van der Waals surface area contributed by atoms with E-state index in [1.54, 1.807) is 6.92 Å². The highest BCUT2D eigenvalue weighted by Gasteiger charge is 2.33. The molecule has 0 spiro atoms. The van der Waals surface area contributed by atoms with Crippen LogP contribution in [0.15, 0.2) is 18.3 Å². The van der Waals surface area contributed by atoms with Crippen LogP contribution in [-0.4, -0.2) is 22.7 Å². The van der Waals surface area contributed by atoms with Crippen LogP contribution >= 0.6 is 0 Å². The van der Waals surface area contributed by atoms with E-state index in [0.717, 1.165) is 24.2 Å². The lowest BCUT2D eigenvalue weighted by Gasteiger charge is -2.45. The number of aliphatic hydroxyl groups is 1. The molecular formula is C16H24N2O. The SMILES string of the molecule is C[C@@H](O)c1ccc(N2CCCC3CCCCC32)cn1. The van der Waals surface area contributed by atoms with Gasteiger partial charge in [-0.05, 0) is 50.7 Å². The number of piperidine rings is 1. The third-order valence-corrected chi connectivity index (χ3v) is 4.77. The maximum absolute atomic E-state index is 9.54. The van der Waals surface area contributed by atoms with Crippen LogP contribution in [0.2, 0.25) is 0 Å². The molecule has 1 saturated heterocycles. The Labute approximate surface area is 115 Å². The number of pyridine rings is 1. The van der Waals surface area contributed by atoms with Gasteiger partial charge in [-0.2, -0.15) is 0 Å². The zero-order chi connectivity index (χ0) is 13.2. The molecule has 0 aromatic carbocycles. The highest BCUT2D eigenvalue weighted by atomic mass is 16.3. The van der Waals surface area contributed by atoms with Crippen LogP contribution in [0.1, 0.15) is 57.2 Å². The average molecular weight is 260 g/mol. The molecule has 0 radical (unpaired) electrons. The van der Waals surface area contributed by atoms with Crippen LogP contribution in [0.5, 0.6) is 0 Å². The molecule has 3 nitrogen and oxygen atoms in total. The summed E-state index contributed by atoms with van der Waals surface area (Å²) in [5, 5.41) is 9.54. The number of nitrogens with zero attached hydrogens (tertiary/aromatic N) is 2. The van der Waals surface area contributed by atoms with Crippen molar-refractivity contribution < 1.29 is 5.11 Å². The van der Waals surface area contributed by atoms with E-state index in [0.29, 0.717) is 0 Å². The van der Waals surface area contributed by atoms with E-state index in [-0.39, 0.29) is 0 Å². The maximum atomic E-state index is 9.54. The van der Waals surface area contributed by atoms with Crippen molar-refractivity contribution in [2.45, 2.75) is 57.6 Å². The van der Waals surface area contributed by atoms with E-state index in [9.17, 15) is 5.11 Å². The lowest BCUT2D eigenvalue weighted by Crippen LogP contribution is -2.46. The Morgan fingerprint density at radius 3 is 2.74 bits per heavy atom. The van der Waals surface area contributed by atoms with Crippen molar-refractivity contribution in [1.29, 1.82) is 0 Å². The second-order valence-corrected chi connectivity index (χ2v) is 6.06. The lowest BCUT2D eigenvalue weighted by atomic mass is 9.78. The smallest absolute Gasteiger partial charge is 0.0931 e. The predicted octanol–water partition coefficient (Wildman–Crippen LogP) is 3.29. The molecule has 19 heavy (non-hydrogen) atoms. The van der Waals surface area contributed by atoms with E-state index in [1.165, 1.54) is 44.2 Å². The third kappa shape index (κ3) is 2.62. The zero-order valence-electron chi connectivity index (χ0n) is 11.8. The maximum Gasteiger partial charge on any atom is 0.0931 e. The lowest BCUT2D eigenvalue weighted by molar-refractivity contribution is 0.194. The summed E-state index contributed by atoms with van der Waals surface area (Å²) in [5.74, 6) is 0.888. The Hall–Kier alpha value is -1.09. The molecule has 3 heteroatoms. The number of hydrogen-bond donors (Lipinski definition) is 1. The van der Waals surface area contributed by atoms with Crippen molar-refractivity contribution in [3.8, 4) is 0 Å². The second kappa shape index (κ2) is 5.49. The van der Waals surface area contributed by atoms with E-state index in [4.69, 9.17) is 0 Å². The molecule has 2 heterocycles. The first-order chi connectivity index (χ1) is 9.25. The second-order valence-electron chi connectivity index (χ2n) is 6.06. The van der Waals surface area contributed by atoms with Gasteiger partial charge >= 0.3 is 0 Å². The number of rotatable bonds is 2. The fourth-order valence-corrected chi connectivity index (χ4v) is 3.76. The third-order valence-electron chi connectivity index (χ3n) is 4.77. The molecule has 3 rings (SSSR count). The average Bonchev–Trinajstić information content (AvgIpc) is 2.47. The molecule has 3 atom stereocenters. The summed E-state index contributed by atoms with van der Waals surface area (Å²) in [4.78, 5) is 6.96. The molecule has 1 aromatic rings. The first-order valence-corrected chi connectivity index (χ1v) is 7.66. The molecule has 2 aliphatic rings. The van der Waals surface area contributed by atoms with Gasteiger partial charge in [0.15, 0.2) is 0 Å². The monoisotopic (exact) mass is 260 g/mol. The fourth-order valence-electron chi connectivity index (χ4n) is 3.76. The molecule has 2 fully saturated rings. The summed E-state index contributed by atoms with van der Waals surface area (Å²) in [5.41, 5.74) is 2.00. The van der Waals surface area contributed by atoms with Crippen LogP contribution in [0.25, 0.3) is 0 Å². The zero-order valence-corrected chi connectivity index (χ0v) is 11.8. The van der Waals surface area contributed by atoms with Crippen LogP contribution in [0.3, 0.4) is 0 Å². The van der Waals surface area contributed by atoms with Gasteiger partial charge in [0.05, 0.1) is 23.7 Å². The van der Waals surface area contributed by atoms with Crippen LogP contribution < -0.4 is 4.90 Å². The van der Waals surface area contributed by atoms with Gasteiger partial charge < -0.3 is 10.0 Å². The summed E-state index contributed by atoms with van der Waals surface area (Å²) in [7, 11) is 0. The van der Waals surface area contributed by atoms with Crippen molar-refractivity contribution in [2.24, 2.45) is 5.92 Å². The number of fused-ring (bicyclic) bond motifs is 1. The molecular weight excluding hydrogens is 236 g/mol. The Bertz CT molecular complexity index is 413. The largest absolute Gasteiger partial charge is 0.387 e. The van der Waals surface area contributed by atoms with Crippen molar-refractivity contribution in [1.82, 2.24) is 4.98 Å². The van der Waals surface area contributed by atoms with Crippen molar-refractivity contribution in [3.05, 3.63) is 24.0 Å². The highest BCUT2D eigenvalue weighted by Crippen LogP contribution is 2.37. The Kier molecular flexibility index (Phi) is 3.74. The van der Waals surface area contributed by atoms with Gasteiger partial charge in [-0.15, -0.1) is 0 Å². The molecule has 1 aliphatic heterocycles. The topological polar surface area (TPSA) is 36.4 Å². The van der Waals surface area contributed by atoms with E-state index >= 15 is 0 Å². The molecule has 2 unspecified atom stereocenters. The van der Waals surface area contributed by atoms with Gasteiger partial charge in [0, 0.05) is 12.6 Å². The summed E-state index contributed by atoms with van der Waals surface area (Å²) < 4.78 is 0. The first kappa shape index (κ1) is 12.9. The molecule has 104 valence electrons. The highest BCUT2D eigenvalue weighted by molar-refractivity contribution is 5.46. The fraction of sp³-hybridized carbons (Fsp3) is 0.688. The van der Waals surface area contributed by atoms with Gasteiger partial charge in [0.25, 0.3) is 0 Å². The quantitative estimate of drug-likeness (QED) is 0.886. The van der Waals surface area contributed by atoms with Crippen molar-refractivity contribution in [3.63, 3.8) is 0 Å². The number of aromatic nitrogens is 1. The number of anilines is 1. The van der Waals surface area contributed by atoms with Crippen LogP contribution in [0, 0.1) is 5.92 Å². The van der Waals surface area contributed by atoms with Crippen LogP contribution in [0.4, 0.5) is 5.69 Å². The van der Waals surface area contributed by atoms with Crippen LogP contribution in [-0.2, 0) is 0 Å². The first-order valence-electron chi connectivity index (χ1n) is 7.66. The predicted molar refractivity (Wildman–Crippen MR) is 77.2 cm³/mol. The summed E-state index contributed by atoms with van der Waals surface area (Å²) in [6, 6.07) is 4.82. The summed E-state index contributed by atoms with van der Waals surface area (Å²) >= 11 is 0. The Morgan fingerprint density at radius 1 is 1.21 bits per heavy atom. The normalized spacial score (nSPS) is 28.8. The van der Waals surface area contributed by atoms with E-state index < -0.39 is 6.10 Å². The van der Waals surface area contributed by atoms with Gasteiger partial charge in [-0.25, -0.2) is 0 Å². The Morgan fingerprint density at radius 2 is 2.00 bits per heavy atom. The van der Waals surface area contributed by atoms with Gasteiger partial charge in [0.2, 0.25) is 0 Å². The standard InChI is InChI=1S/C16H24N2O/c1-12(19)15-9-8-14(11-17-15)18-10-4-6-13-5-2-3-7-16(13)18/h8-9,11-13,16,19H,2-7,10H2,1H3/t12-,13?,16?/m1/s1. The minimum atomic E-state index is -0.474. The van der Waals surface area contributed by atoms with E-state index in [2.05, 4.69) is 16.0 Å². The van der Waals surface area contributed by atoms with Gasteiger partial charge in [-0.3, -0.25) is 4.98 Å². The minimum Gasteiger partial charge on any atom is -0.387 e. The summed E-state index contributed by atoms with van der Waals surface area (Å²) in [6.45, 7) is 2.93. The summed E-state index contributed by atoms with van der Waals surface area (Å²) in [6.07, 6.45) is 9.70. The van der Waals surface area contributed by atoms with Crippen molar-refractivity contribution >= 4 is 5.69 Å². The molecule has 1 saturated carbocycles. The van der Waals surface area contributed by atoms with Gasteiger partial charge in [0.1, 0.15) is 0 Å². The van der Waals surface area contributed by atoms with E-state index in [1.807, 2.05) is 12.3 Å². The molecule has 0 bridgehead atoms. The molecule has 1 N–H and O–H groups in total. The molecule has 1 aromatic heterocycles.